The highest BCUT2D eigenvalue weighted by Gasteiger charge is 2.34. The Labute approximate surface area is 197 Å². The fourth-order valence-electron chi connectivity index (χ4n) is 5.31. The predicted octanol–water partition coefficient (Wildman–Crippen LogP) is 6.35. The van der Waals surface area contributed by atoms with Crippen LogP contribution in [0.4, 0.5) is 17.1 Å². The zero-order valence-electron chi connectivity index (χ0n) is 18.0. The van der Waals surface area contributed by atoms with Gasteiger partial charge in [-0.25, -0.2) is 0 Å². The van der Waals surface area contributed by atoms with Crippen molar-refractivity contribution < 1.29 is 0 Å². The van der Waals surface area contributed by atoms with Gasteiger partial charge < -0.3 is 4.90 Å². The zero-order chi connectivity index (χ0) is 21.8. The number of thiophene rings is 1. The molecule has 6 aromatic rings. The van der Waals surface area contributed by atoms with E-state index >= 15 is 0 Å². The molecule has 2 heterocycles. The average Bonchev–Trinajstić information content (AvgIpc) is 3.25. The van der Waals surface area contributed by atoms with E-state index in [1.807, 2.05) is 11.3 Å². The molecule has 1 nitrogen and oxygen atoms in total. The number of hydrogen-bond acceptors (Lipinski definition) is 2. The van der Waals surface area contributed by atoms with Crippen LogP contribution < -0.4 is 21.3 Å². The van der Waals surface area contributed by atoms with Crippen LogP contribution in [0.2, 0.25) is 0 Å². The van der Waals surface area contributed by atoms with Crippen molar-refractivity contribution >= 4 is 71.7 Å². The van der Waals surface area contributed by atoms with Crippen LogP contribution >= 0.6 is 11.3 Å². The Kier molecular flexibility index (Phi) is 4.18. The Morgan fingerprint density at radius 3 is 1.88 bits per heavy atom. The number of para-hydroxylation sites is 3. The average molecular weight is 437 g/mol. The summed E-state index contributed by atoms with van der Waals surface area (Å²) in [6.07, 6.45) is 0. The molecule has 0 atom stereocenters. The lowest BCUT2D eigenvalue weighted by Gasteiger charge is -2.37. The van der Waals surface area contributed by atoms with E-state index in [9.17, 15) is 0 Å². The lowest BCUT2D eigenvalue weighted by molar-refractivity contribution is 1.29. The van der Waals surface area contributed by atoms with Crippen molar-refractivity contribution in [1.82, 2.24) is 0 Å². The zero-order valence-corrected chi connectivity index (χ0v) is 18.8. The molecule has 0 aliphatic carbocycles. The SMILES string of the molecule is c1ccc(N2c3ccccc3B(c3ccc4sc5ccccc5c4c3)c3ccccc32)cc1. The van der Waals surface area contributed by atoms with Gasteiger partial charge in [0.25, 0.3) is 0 Å². The van der Waals surface area contributed by atoms with Gasteiger partial charge in [0.05, 0.1) is 0 Å². The summed E-state index contributed by atoms with van der Waals surface area (Å²) in [7, 11) is 0. The molecule has 0 unspecified atom stereocenters. The van der Waals surface area contributed by atoms with E-state index in [1.54, 1.807) is 0 Å². The lowest BCUT2D eigenvalue weighted by atomic mass is 9.35. The van der Waals surface area contributed by atoms with Gasteiger partial charge in [-0.15, -0.1) is 11.3 Å². The molecule has 1 aromatic heterocycles. The van der Waals surface area contributed by atoms with Crippen molar-refractivity contribution in [3.05, 3.63) is 121 Å². The molecule has 0 spiro atoms. The van der Waals surface area contributed by atoms with Crippen LogP contribution in [0.15, 0.2) is 121 Å². The topological polar surface area (TPSA) is 3.24 Å². The Bertz CT molecular complexity index is 1590. The fraction of sp³-hybridized carbons (Fsp3) is 0. The first-order valence-corrected chi connectivity index (χ1v) is 12.1. The standard InChI is InChI=1S/C30H20BNS/c1-2-10-22(11-3-1)32-27-15-7-5-13-25(27)31(26-14-6-8-16-28(26)32)21-18-19-30-24(20-21)23-12-4-9-17-29(23)33-30/h1-20H. The van der Waals surface area contributed by atoms with E-state index in [0.29, 0.717) is 0 Å². The monoisotopic (exact) mass is 437 g/mol. The minimum absolute atomic E-state index is 0.195. The largest absolute Gasteiger partial charge is 0.312 e. The van der Waals surface area contributed by atoms with Gasteiger partial charge in [0.2, 0.25) is 6.71 Å². The highest BCUT2D eigenvalue weighted by molar-refractivity contribution is 7.25. The molecule has 0 saturated carbocycles. The first kappa shape index (κ1) is 18.7. The maximum absolute atomic E-state index is 2.42. The molecule has 0 radical (unpaired) electrons. The van der Waals surface area contributed by atoms with Gasteiger partial charge in [-0.2, -0.15) is 0 Å². The molecule has 0 fully saturated rings. The van der Waals surface area contributed by atoms with Crippen LogP contribution in [0, 0.1) is 0 Å². The van der Waals surface area contributed by atoms with Crippen LogP contribution in [0.3, 0.4) is 0 Å². The maximum atomic E-state index is 2.42. The summed E-state index contributed by atoms with van der Waals surface area (Å²) in [6.45, 7) is 0.195. The number of rotatable bonds is 2. The summed E-state index contributed by atoms with van der Waals surface area (Å²) in [5, 5.41) is 2.70. The smallest absolute Gasteiger partial charge is 0.246 e. The van der Waals surface area contributed by atoms with Crippen LogP contribution in [-0.2, 0) is 0 Å². The van der Waals surface area contributed by atoms with E-state index in [-0.39, 0.29) is 6.71 Å². The molecule has 33 heavy (non-hydrogen) atoms. The number of benzene rings is 5. The van der Waals surface area contributed by atoms with Gasteiger partial charge >= 0.3 is 0 Å². The molecule has 5 aromatic carbocycles. The van der Waals surface area contributed by atoms with Crippen LogP contribution in [-0.4, -0.2) is 6.71 Å². The summed E-state index contributed by atoms with van der Waals surface area (Å²) >= 11 is 1.88. The van der Waals surface area contributed by atoms with E-state index in [4.69, 9.17) is 0 Å². The molecule has 0 N–H and O–H groups in total. The van der Waals surface area contributed by atoms with Gasteiger partial charge in [0.1, 0.15) is 0 Å². The summed E-state index contributed by atoms with van der Waals surface area (Å²) in [6, 6.07) is 44.2. The minimum atomic E-state index is 0.195. The van der Waals surface area contributed by atoms with Gasteiger partial charge in [-0.05, 0) is 52.7 Å². The first-order valence-electron chi connectivity index (χ1n) is 11.3. The Balaban J connectivity index is 1.49. The molecule has 7 rings (SSSR count). The van der Waals surface area contributed by atoms with Gasteiger partial charge in [0, 0.05) is 31.8 Å². The van der Waals surface area contributed by atoms with Crippen molar-refractivity contribution in [3.8, 4) is 0 Å². The molecule has 0 saturated heterocycles. The molecule has 3 heteroatoms. The normalized spacial score (nSPS) is 12.7. The van der Waals surface area contributed by atoms with E-state index in [1.165, 1.54) is 53.6 Å². The third-order valence-electron chi connectivity index (χ3n) is 6.73. The summed E-state index contributed by atoms with van der Waals surface area (Å²) in [5.74, 6) is 0. The Hall–Kier alpha value is -3.82. The molecule has 0 amide bonds. The Morgan fingerprint density at radius 1 is 0.515 bits per heavy atom. The third-order valence-corrected chi connectivity index (χ3v) is 7.88. The van der Waals surface area contributed by atoms with Gasteiger partial charge in [0.15, 0.2) is 0 Å². The first-order chi connectivity index (χ1) is 16.4. The highest BCUT2D eigenvalue weighted by Crippen LogP contribution is 2.36. The summed E-state index contributed by atoms with van der Waals surface area (Å²) in [5.41, 5.74) is 7.73. The van der Waals surface area contributed by atoms with Crippen molar-refractivity contribution in [2.75, 3.05) is 4.90 Å². The number of hydrogen-bond donors (Lipinski definition) is 0. The second kappa shape index (κ2) is 7.36. The van der Waals surface area contributed by atoms with Gasteiger partial charge in [-0.1, -0.05) is 90.4 Å². The lowest BCUT2D eigenvalue weighted by Crippen LogP contribution is -2.57. The second-order valence-electron chi connectivity index (χ2n) is 8.58. The second-order valence-corrected chi connectivity index (χ2v) is 9.66. The predicted molar refractivity (Wildman–Crippen MR) is 145 cm³/mol. The maximum Gasteiger partial charge on any atom is 0.246 e. The van der Waals surface area contributed by atoms with Crippen LogP contribution in [0.1, 0.15) is 0 Å². The van der Waals surface area contributed by atoms with E-state index < -0.39 is 0 Å². The van der Waals surface area contributed by atoms with Gasteiger partial charge in [-0.3, -0.25) is 0 Å². The molecular weight excluding hydrogens is 417 g/mol. The molecule has 0 bridgehead atoms. The summed E-state index contributed by atoms with van der Waals surface area (Å²) in [4.78, 5) is 2.40. The van der Waals surface area contributed by atoms with E-state index in [2.05, 4.69) is 126 Å². The summed E-state index contributed by atoms with van der Waals surface area (Å²) < 4.78 is 2.70. The van der Waals surface area contributed by atoms with Crippen LogP contribution in [0.5, 0.6) is 0 Å². The third kappa shape index (κ3) is 2.86. The quantitative estimate of drug-likeness (QED) is 0.285. The van der Waals surface area contributed by atoms with Crippen molar-refractivity contribution in [1.29, 1.82) is 0 Å². The molecule has 1 aliphatic rings. The molecular formula is C30H20BNS. The fourth-order valence-corrected chi connectivity index (χ4v) is 6.39. The molecule has 1 aliphatic heterocycles. The van der Waals surface area contributed by atoms with Crippen LogP contribution in [0.25, 0.3) is 20.2 Å². The van der Waals surface area contributed by atoms with Crippen molar-refractivity contribution in [2.45, 2.75) is 0 Å². The number of nitrogens with zero attached hydrogens (tertiary/aromatic N) is 1. The van der Waals surface area contributed by atoms with Crippen molar-refractivity contribution in [2.24, 2.45) is 0 Å². The van der Waals surface area contributed by atoms with Crippen molar-refractivity contribution in [3.63, 3.8) is 0 Å². The number of fused-ring (bicyclic) bond motifs is 5. The molecule has 154 valence electrons. The Morgan fingerprint density at radius 2 is 1.12 bits per heavy atom. The number of anilines is 3. The highest BCUT2D eigenvalue weighted by atomic mass is 32.1. The minimum Gasteiger partial charge on any atom is -0.312 e. The van der Waals surface area contributed by atoms with E-state index in [0.717, 1.165) is 0 Å².